The van der Waals surface area contributed by atoms with E-state index in [-0.39, 0.29) is 11.8 Å². The maximum atomic E-state index is 12.8. The second-order valence-corrected chi connectivity index (χ2v) is 4.31. The van der Waals surface area contributed by atoms with Crippen molar-refractivity contribution in [3.05, 3.63) is 23.7 Å². The Morgan fingerprint density at radius 1 is 1.29 bits per heavy atom. The van der Waals surface area contributed by atoms with Gasteiger partial charge in [0.05, 0.1) is 17.6 Å². The topological polar surface area (TPSA) is 67.7 Å². The molecule has 114 valence electrons. The van der Waals surface area contributed by atoms with Gasteiger partial charge in [-0.1, -0.05) is 6.92 Å². The molecule has 0 bridgehead atoms. The molecule has 9 heteroatoms. The molecular formula is C12H15F3N6. The van der Waals surface area contributed by atoms with Gasteiger partial charge in [0.15, 0.2) is 0 Å². The number of anilines is 3. The summed E-state index contributed by atoms with van der Waals surface area (Å²) in [7, 11) is 3.17. The van der Waals surface area contributed by atoms with Crippen LogP contribution >= 0.6 is 0 Å². The van der Waals surface area contributed by atoms with Crippen molar-refractivity contribution in [3.8, 4) is 0 Å². The Morgan fingerprint density at radius 3 is 2.57 bits per heavy atom. The third-order valence-electron chi connectivity index (χ3n) is 2.97. The van der Waals surface area contributed by atoms with Crippen LogP contribution in [-0.4, -0.2) is 26.8 Å². The molecule has 2 rings (SSSR count). The van der Waals surface area contributed by atoms with E-state index in [0.29, 0.717) is 5.69 Å². The third-order valence-corrected chi connectivity index (χ3v) is 2.97. The molecule has 2 aromatic heterocycles. The van der Waals surface area contributed by atoms with Crippen molar-refractivity contribution in [2.24, 2.45) is 7.05 Å². The summed E-state index contributed by atoms with van der Waals surface area (Å²) >= 11 is 0. The average Bonchev–Trinajstić information content (AvgIpc) is 2.77. The molecule has 0 amide bonds. The van der Waals surface area contributed by atoms with Crippen molar-refractivity contribution in [2.75, 3.05) is 17.7 Å². The number of nitrogens with zero attached hydrogens (tertiary/aromatic N) is 4. The van der Waals surface area contributed by atoms with E-state index >= 15 is 0 Å². The summed E-state index contributed by atoms with van der Waals surface area (Å²) in [6.45, 7) is 1.95. The molecule has 0 aromatic carbocycles. The van der Waals surface area contributed by atoms with Crippen LogP contribution in [0, 0.1) is 0 Å². The van der Waals surface area contributed by atoms with Crippen LogP contribution in [0.4, 0.5) is 30.6 Å². The lowest BCUT2D eigenvalue weighted by molar-refractivity contribution is -0.137. The first kappa shape index (κ1) is 15.1. The zero-order chi connectivity index (χ0) is 15.6. The summed E-state index contributed by atoms with van der Waals surface area (Å²) in [6, 6.07) is 0. The predicted octanol–water partition coefficient (Wildman–Crippen LogP) is 2.58. The zero-order valence-corrected chi connectivity index (χ0v) is 11.8. The van der Waals surface area contributed by atoms with Crippen LogP contribution in [0.2, 0.25) is 0 Å². The minimum Gasteiger partial charge on any atom is -0.372 e. The van der Waals surface area contributed by atoms with E-state index in [4.69, 9.17) is 0 Å². The second kappa shape index (κ2) is 5.58. The molecule has 0 aliphatic rings. The van der Waals surface area contributed by atoms with Gasteiger partial charge in [-0.25, -0.2) is 4.98 Å². The molecule has 2 aromatic rings. The number of aryl methyl sites for hydroxylation is 1. The van der Waals surface area contributed by atoms with Gasteiger partial charge in [0.2, 0.25) is 5.95 Å². The summed E-state index contributed by atoms with van der Waals surface area (Å²) in [5.74, 6) is -0.197. The molecule has 2 heterocycles. The van der Waals surface area contributed by atoms with Gasteiger partial charge < -0.3 is 10.6 Å². The summed E-state index contributed by atoms with van der Waals surface area (Å²) in [6.07, 6.45) is -1.44. The smallest absolute Gasteiger partial charge is 0.372 e. The van der Waals surface area contributed by atoms with Gasteiger partial charge in [-0.15, -0.1) is 0 Å². The molecule has 0 aliphatic heterocycles. The summed E-state index contributed by atoms with van der Waals surface area (Å²) in [4.78, 5) is 7.56. The molecule has 0 fully saturated rings. The van der Waals surface area contributed by atoms with Gasteiger partial charge in [-0.2, -0.15) is 23.3 Å². The van der Waals surface area contributed by atoms with Crippen molar-refractivity contribution in [3.63, 3.8) is 0 Å². The quantitative estimate of drug-likeness (QED) is 0.908. The van der Waals surface area contributed by atoms with Crippen LogP contribution in [-0.2, 0) is 19.6 Å². The minimum absolute atomic E-state index is 0.0788. The van der Waals surface area contributed by atoms with Crippen LogP contribution in [0.5, 0.6) is 0 Å². The number of aromatic nitrogens is 4. The molecule has 0 saturated carbocycles. The molecule has 6 nitrogen and oxygen atoms in total. The van der Waals surface area contributed by atoms with Gasteiger partial charge in [-0.05, 0) is 6.42 Å². The molecule has 0 radical (unpaired) electrons. The molecule has 0 atom stereocenters. The van der Waals surface area contributed by atoms with E-state index in [9.17, 15) is 13.2 Å². The normalized spacial score (nSPS) is 11.5. The van der Waals surface area contributed by atoms with Gasteiger partial charge in [0, 0.05) is 20.3 Å². The molecule has 21 heavy (non-hydrogen) atoms. The van der Waals surface area contributed by atoms with Gasteiger partial charge in [-0.3, -0.25) is 4.68 Å². The molecule has 2 N–H and O–H groups in total. The Bertz CT molecular complexity index is 634. The fraction of sp³-hybridized carbons (Fsp3) is 0.417. The number of hydrogen-bond acceptors (Lipinski definition) is 5. The highest BCUT2D eigenvalue weighted by atomic mass is 19.4. The highest BCUT2D eigenvalue weighted by molar-refractivity contribution is 5.58. The molecule has 0 aliphatic carbocycles. The van der Waals surface area contributed by atoms with E-state index in [1.807, 2.05) is 6.92 Å². The first-order chi connectivity index (χ1) is 9.86. The number of halogens is 3. The van der Waals surface area contributed by atoms with E-state index in [1.165, 1.54) is 7.05 Å². The molecular weight excluding hydrogens is 285 g/mol. The number of rotatable bonds is 4. The number of nitrogens with one attached hydrogen (secondary N) is 2. The third kappa shape index (κ3) is 3.06. The van der Waals surface area contributed by atoms with Crippen molar-refractivity contribution in [1.82, 2.24) is 19.7 Å². The Kier molecular flexibility index (Phi) is 4.01. The van der Waals surface area contributed by atoms with Crippen LogP contribution in [0.25, 0.3) is 0 Å². The maximum absolute atomic E-state index is 12.8. The largest absolute Gasteiger partial charge is 0.421 e. The molecule has 0 saturated heterocycles. The van der Waals surface area contributed by atoms with E-state index in [1.54, 1.807) is 17.9 Å². The van der Waals surface area contributed by atoms with E-state index < -0.39 is 11.7 Å². The zero-order valence-electron chi connectivity index (χ0n) is 11.8. The summed E-state index contributed by atoms with van der Waals surface area (Å²) < 4.78 is 40.0. The first-order valence-electron chi connectivity index (χ1n) is 6.26. The number of hydrogen-bond donors (Lipinski definition) is 2. The van der Waals surface area contributed by atoms with Crippen LogP contribution in [0.3, 0.4) is 0 Å². The fourth-order valence-corrected chi connectivity index (χ4v) is 1.95. The van der Waals surface area contributed by atoms with Gasteiger partial charge in [0.25, 0.3) is 0 Å². The minimum atomic E-state index is -4.50. The number of alkyl halides is 3. The van der Waals surface area contributed by atoms with Crippen molar-refractivity contribution < 1.29 is 13.2 Å². The monoisotopic (exact) mass is 300 g/mol. The van der Waals surface area contributed by atoms with E-state index in [0.717, 1.165) is 18.3 Å². The van der Waals surface area contributed by atoms with Crippen molar-refractivity contribution in [2.45, 2.75) is 19.5 Å². The Hall–Kier alpha value is -2.32. The SMILES string of the molecule is CCc1c(Nc2ncc(C(F)(F)F)c(NC)n2)cnn1C. The fourth-order valence-electron chi connectivity index (χ4n) is 1.95. The van der Waals surface area contributed by atoms with Crippen LogP contribution in [0.1, 0.15) is 18.2 Å². The van der Waals surface area contributed by atoms with E-state index in [2.05, 4.69) is 25.7 Å². The highest BCUT2D eigenvalue weighted by Gasteiger charge is 2.35. The van der Waals surface area contributed by atoms with Gasteiger partial charge >= 0.3 is 6.18 Å². The Balaban J connectivity index is 2.33. The first-order valence-corrected chi connectivity index (χ1v) is 6.26. The maximum Gasteiger partial charge on any atom is 0.421 e. The lowest BCUT2D eigenvalue weighted by atomic mass is 10.3. The molecule has 0 spiro atoms. The standard InChI is InChI=1S/C12H15F3N6/c1-4-9-8(6-18-21(9)3)19-11-17-5-7(12(13,14)15)10(16-2)20-11/h5-6H,4H2,1-3H3,(H2,16,17,19,20). The van der Waals surface area contributed by atoms with Crippen LogP contribution < -0.4 is 10.6 Å². The molecule has 0 unspecified atom stereocenters. The Labute approximate surface area is 119 Å². The lowest BCUT2D eigenvalue weighted by Gasteiger charge is -2.12. The van der Waals surface area contributed by atoms with Crippen molar-refractivity contribution >= 4 is 17.5 Å². The Morgan fingerprint density at radius 2 is 2.00 bits per heavy atom. The van der Waals surface area contributed by atoms with Gasteiger partial charge in [0.1, 0.15) is 11.4 Å². The lowest BCUT2D eigenvalue weighted by Crippen LogP contribution is -2.12. The second-order valence-electron chi connectivity index (χ2n) is 4.31. The predicted molar refractivity (Wildman–Crippen MR) is 72.4 cm³/mol. The average molecular weight is 300 g/mol. The highest BCUT2D eigenvalue weighted by Crippen LogP contribution is 2.33. The summed E-state index contributed by atoms with van der Waals surface area (Å²) in [5, 5.41) is 9.40. The van der Waals surface area contributed by atoms with Crippen LogP contribution in [0.15, 0.2) is 12.4 Å². The summed E-state index contributed by atoms with van der Waals surface area (Å²) in [5.41, 5.74) is 0.670. The van der Waals surface area contributed by atoms with Crippen molar-refractivity contribution in [1.29, 1.82) is 0 Å².